The average molecular weight is 249 g/mol. The van der Waals surface area contributed by atoms with E-state index in [-0.39, 0.29) is 0 Å². The van der Waals surface area contributed by atoms with Crippen LogP contribution in [0.1, 0.15) is 18.4 Å². The number of rotatable bonds is 4. The van der Waals surface area contributed by atoms with Crippen molar-refractivity contribution >= 4 is 24.6 Å². The molecule has 1 aromatic carbocycles. The van der Waals surface area contributed by atoms with Gasteiger partial charge in [-0.1, -0.05) is 31.8 Å². The highest BCUT2D eigenvalue weighted by Gasteiger charge is 2.18. The maximum absolute atomic E-state index is 4.49. The lowest BCUT2D eigenvalue weighted by Gasteiger charge is -2.14. The Morgan fingerprint density at radius 2 is 1.81 bits per heavy atom. The van der Waals surface area contributed by atoms with E-state index in [9.17, 15) is 0 Å². The molecule has 86 valence electrons. The minimum absolute atomic E-state index is 0.621. The van der Waals surface area contributed by atoms with E-state index in [4.69, 9.17) is 0 Å². The van der Waals surface area contributed by atoms with Crippen molar-refractivity contribution in [2.24, 2.45) is 4.99 Å². The lowest BCUT2D eigenvalue weighted by atomic mass is 10.2. The lowest BCUT2D eigenvalue weighted by molar-refractivity contribution is 1.08. The topological polar surface area (TPSA) is 12.4 Å². The van der Waals surface area contributed by atoms with E-state index in [1.165, 1.54) is 23.3 Å². The number of nitrogens with zero attached hydrogens (tertiary/aromatic N) is 1. The SMILES string of the molecule is C[Si](C)(C)Sc1ccc(/C=N/C2CC2)cc1. The molecule has 0 bridgehead atoms. The van der Waals surface area contributed by atoms with E-state index in [2.05, 4.69) is 48.9 Å². The molecule has 1 nitrogen and oxygen atoms in total. The van der Waals surface area contributed by atoms with Crippen molar-refractivity contribution in [2.75, 3.05) is 0 Å². The molecule has 3 heteroatoms. The van der Waals surface area contributed by atoms with Gasteiger partial charge in [-0.15, -0.1) is 0 Å². The van der Waals surface area contributed by atoms with Crippen molar-refractivity contribution in [3.05, 3.63) is 29.8 Å². The molecule has 0 N–H and O–H groups in total. The van der Waals surface area contributed by atoms with Crippen molar-refractivity contribution in [3.8, 4) is 0 Å². The molecule has 16 heavy (non-hydrogen) atoms. The Kier molecular flexibility index (Phi) is 3.55. The van der Waals surface area contributed by atoms with Gasteiger partial charge in [-0.3, -0.25) is 4.99 Å². The third kappa shape index (κ3) is 4.14. The van der Waals surface area contributed by atoms with Crippen LogP contribution in [0.5, 0.6) is 0 Å². The van der Waals surface area contributed by atoms with Gasteiger partial charge in [0.05, 0.1) is 6.04 Å². The number of hydrogen-bond acceptors (Lipinski definition) is 2. The fourth-order valence-electron chi connectivity index (χ4n) is 1.39. The molecule has 0 aliphatic heterocycles. The molecule has 0 radical (unpaired) electrons. The van der Waals surface area contributed by atoms with Gasteiger partial charge in [-0.25, -0.2) is 0 Å². The third-order valence-electron chi connectivity index (χ3n) is 2.29. The van der Waals surface area contributed by atoms with E-state index >= 15 is 0 Å². The quantitative estimate of drug-likeness (QED) is 0.575. The first-order valence-corrected chi connectivity index (χ1v) is 10.9. The summed E-state index contributed by atoms with van der Waals surface area (Å²) in [5.41, 5.74) is 1.23. The molecular formula is C13H19NSSi. The highest BCUT2D eigenvalue weighted by molar-refractivity contribution is 8.28. The monoisotopic (exact) mass is 249 g/mol. The molecule has 0 amide bonds. The lowest BCUT2D eigenvalue weighted by Crippen LogP contribution is -2.13. The van der Waals surface area contributed by atoms with Crippen LogP contribution in [0, 0.1) is 0 Å². The summed E-state index contributed by atoms with van der Waals surface area (Å²) in [6, 6.07) is 9.41. The smallest absolute Gasteiger partial charge is 0.114 e. The van der Waals surface area contributed by atoms with Crippen LogP contribution < -0.4 is 0 Å². The predicted molar refractivity (Wildman–Crippen MR) is 76.3 cm³/mol. The Morgan fingerprint density at radius 3 is 2.31 bits per heavy atom. The molecule has 0 saturated heterocycles. The third-order valence-corrected chi connectivity index (χ3v) is 5.95. The highest BCUT2D eigenvalue weighted by atomic mass is 32.4. The standard InChI is InChI=1S/C13H19NSSi/c1-16(2,3)15-13-8-4-11(5-9-13)10-14-12-6-7-12/h4-5,8-10,12H,6-7H2,1-3H3/b14-10+. The molecule has 0 aromatic heterocycles. The van der Waals surface area contributed by atoms with Crippen molar-refractivity contribution in [3.63, 3.8) is 0 Å². The van der Waals surface area contributed by atoms with Gasteiger partial charge in [0, 0.05) is 11.1 Å². The first-order valence-electron chi connectivity index (χ1n) is 5.85. The van der Waals surface area contributed by atoms with Gasteiger partial charge in [0.25, 0.3) is 0 Å². The molecule has 1 aliphatic carbocycles. The summed E-state index contributed by atoms with van der Waals surface area (Å²) in [4.78, 5) is 5.88. The Labute approximate surface area is 103 Å². The molecular weight excluding hydrogens is 230 g/mol. The second-order valence-electron chi connectivity index (χ2n) is 5.29. The summed E-state index contributed by atoms with van der Waals surface area (Å²) in [5, 5.41) is 0. The Balaban J connectivity index is 1.98. The van der Waals surface area contributed by atoms with Crippen LogP contribution in [0.15, 0.2) is 34.2 Å². The van der Waals surface area contributed by atoms with Crippen LogP contribution in [-0.4, -0.2) is 19.5 Å². The number of benzene rings is 1. The van der Waals surface area contributed by atoms with E-state index < -0.39 is 7.22 Å². The van der Waals surface area contributed by atoms with Gasteiger partial charge in [-0.2, -0.15) is 11.2 Å². The van der Waals surface area contributed by atoms with Crippen LogP contribution >= 0.6 is 11.2 Å². The molecule has 2 rings (SSSR count). The summed E-state index contributed by atoms with van der Waals surface area (Å²) in [6.07, 6.45) is 4.57. The van der Waals surface area contributed by atoms with Gasteiger partial charge in [-0.05, 0) is 30.5 Å². The van der Waals surface area contributed by atoms with Gasteiger partial charge < -0.3 is 0 Å². The summed E-state index contributed by atoms with van der Waals surface area (Å²) in [7, 11) is -1.06. The maximum atomic E-state index is 4.49. The minimum atomic E-state index is -1.06. The second kappa shape index (κ2) is 4.76. The van der Waals surface area contributed by atoms with Crippen LogP contribution in [0.4, 0.5) is 0 Å². The second-order valence-corrected chi connectivity index (χ2v) is 14.5. The molecule has 1 saturated carbocycles. The molecule has 0 unspecified atom stereocenters. The van der Waals surface area contributed by atoms with E-state index in [1.807, 2.05) is 17.4 Å². The highest BCUT2D eigenvalue weighted by Crippen LogP contribution is 2.29. The fraction of sp³-hybridized carbons (Fsp3) is 0.462. The summed E-state index contributed by atoms with van der Waals surface area (Å²) in [6.45, 7) is 7.13. The summed E-state index contributed by atoms with van der Waals surface area (Å²) < 4.78 is 0. The summed E-state index contributed by atoms with van der Waals surface area (Å²) in [5.74, 6) is 0. The van der Waals surface area contributed by atoms with E-state index in [0.717, 1.165) is 0 Å². The van der Waals surface area contributed by atoms with Crippen LogP contribution in [-0.2, 0) is 0 Å². The van der Waals surface area contributed by atoms with Crippen molar-refractivity contribution < 1.29 is 0 Å². The first-order chi connectivity index (χ1) is 7.53. The Hall–Kier alpha value is -0.543. The number of hydrogen-bond donors (Lipinski definition) is 0. The van der Waals surface area contributed by atoms with Gasteiger partial charge >= 0.3 is 0 Å². The Morgan fingerprint density at radius 1 is 1.19 bits per heavy atom. The fourth-order valence-corrected chi connectivity index (χ4v) is 4.90. The zero-order chi connectivity index (χ0) is 11.6. The molecule has 1 aromatic rings. The van der Waals surface area contributed by atoms with Crippen molar-refractivity contribution in [2.45, 2.75) is 43.4 Å². The molecule has 0 atom stereocenters. The van der Waals surface area contributed by atoms with Crippen LogP contribution in [0.2, 0.25) is 19.6 Å². The zero-order valence-corrected chi connectivity index (χ0v) is 12.1. The average Bonchev–Trinajstić information content (AvgIpc) is 2.98. The largest absolute Gasteiger partial charge is 0.289 e. The molecule has 0 spiro atoms. The molecule has 0 heterocycles. The van der Waals surface area contributed by atoms with Gasteiger partial charge in [0.1, 0.15) is 7.22 Å². The zero-order valence-electron chi connectivity index (χ0n) is 10.2. The maximum Gasteiger partial charge on any atom is 0.114 e. The molecule has 1 fully saturated rings. The van der Waals surface area contributed by atoms with E-state index in [0.29, 0.717) is 6.04 Å². The van der Waals surface area contributed by atoms with Crippen LogP contribution in [0.25, 0.3) is 0 Å². The van der Waals surface area contributed by atoms with Crippen molar-refractivity contribution in [1.29, 1.82) is 0 Å². The minimum Gasteiger partial charge on any atom is -0.289 e. The van der Waals surface area contributed by atoms with Gasteiger partial charge in [0.15, 0.2) is 0 Å². The van der Waals surface area contributed by atoms with E-state index in [1.54, 1.807) is 0 Å². The number of aliphatic imine (C=N–C) groups is 1. The Bertz CT molecular complexity index is 374. The van der Waals surface area contributed by atoms with Crippen LogP contribution in [0.3, 0.4) is 0 Å². The first kappa shape index (κ1) is 11.9. The molecule has 1 aliphatic rings. The van der Waals surface area contributed by atoms with Gasteiger partial charge in [0.2, 0.25) is 0 Å². The normalized spacial score (nSPS) is 16.9. The predicted octanol–water partition coefficient (Wildman–Crippen LogP) is 4.19. The summed E-state index contributed by atoms with van der Waals surface area (Å²) >= 11 is 2.04. The van der Waals surface area contributed by atoms with Crippen molar-refractivity contribution in [1.82, 2.24) is 0 Å².